The van der Waals surface area contributed by atoms with Gasteiger partial charge >= 0.3 is 0 Å². The largest absolute Gasteiger partial charge is 0.340 e. The van der Waals surface area contributed by atoms with E-state index in [-0.39, 0.29) is 5.91 Å². The van der Waals surface area contributed by atoms with E-state index in [1.54, 1.807) is 0 Å². The van der Waals surface area contributed by atoms with E-state index >= 15 is 0 Å². The zero-order valence-electron chi connectivity index (χ0n) is 20.1. The predicted octanol–water partition coefficient (Wildman–Crippen LogP) is 4.28. The van der Waals surface area contributed by atoms with Crippen molar-refractivity contribution in [3.8, 4) is 0 Å². The minimum Gasteiger partial charge on any atom is -0.340 e. The summed E-state index contributed by atoms with van der Waals surface area (Å²) in [5, 5.41) is 0. The van der Waals surface area contributed by atoms with E-state index in [1.165, 1.54) is 16.7 Å². The SMILES string of the molecule is Cc1ccc(CN2CCN(C(=O)CCC3CCN(C(=O)c4ccc(C)cc4)CC3)CC2)cc1. The third kappa shape index (κ3) is 6.44. The second-order valence-corrected chi connectivity index (χ2v) is 9.78. The zero-order chi connectivity index (χ0) is 23.2. The second kappa shape index (κ2) is 11.0. The van der Waals surface area contributed by atoms with Gasteiger partial charge in [-0.15, -0.1) is 0 Å². The van der Waals surface area contributed by atoms with Crippen molar-refractivity contribution in [3.63, 3.8) is 0 Å². The van der Waals surface area contributed by atoms with E-state index in [0.717, 1.165) is 70.6 Å². The lowest BCUT2D eigenvalue weighted by Crippen LogP contribution is -2.48. The van der Waals surface area contributed by atoms with Crippen LogP contribution in [0.5, 0.6) is 0 Å². The van der Waals surface area contributed by atoms with Crippen LogP contribution >= 0.6 is 0 Å². The first-order chi connectivity index (χ1) is 16.0. The van der Waals surface area contributed by atoms with Crippen molar-refractivity contribution < 1.29 is 9.59 Å². The first kappa shape index (κ1) is 23.5. The molecule has 0 aromatic heterocycles. The Hall–Kier alpha value is -2.66. The average molecular weight is 448 g/mol. The molecule has 0 aliphatic carbocycles. The number of aryl methyl sites for hydroxylation is 2. The molecule has 2 heterocycles. The Labute approximate surface area is 198 Å². The lowest BCUT2D eigenvalue weighted by molar-refractivity contribution is -0.133. The van der Waals surface area contributed by atoms with Gasteiger partial charge in [0.25, 0.3) is 5.91 Å². The van der Waals surface area contributed by atoms with Crippen LogP contribution in [-0.2, 0) is 11.3 Å². The number of likely N-dealkylation sites (tertiary alicyclic amines) is 1. The van der Waals surface area contributed by atoms with E-state index in [0.29, 0.717) is 18.2 Å². The number of nitrogens with zero attached hydrogens (tertiary/aromatic N) is 3. The molecule has 2 aromatic carbocycles. The summed E-state index contributed by atoms with van der Waals surface area (Å²) in [6, 6.07) is 16.6. The van der Waals surface area contributed by atoms with Gasteiger partial charge in [0.2, 0.25) is 5.91 Å². The van der Waals surface area contributed by atoms with E-state index in [2.05, 4.69) is 36.1 Å². The van der Waals surface area contributed by atoms with Gasteiger partial charge in [0.1, 0.15) is 0 Å². The summed E-state index contributed by atoms with van der Waals surface area (Å²) >= 11 is 0. The quantitative estimate of drug-likeness (QED) is 0.664. The van der Waals surface area contributed by atoms with Crippen LogP contribution < -0.4 is 0 Å². The molecule has 0 atom stereocenters. The Kier molecular flexibility index (Phi) is 7.81. The smallest absolute Gasteiger partial charge is 0.253 e. The molecule has 0 bridgehead atoms. The number of benzene rings is 2. The van der Waals surface area contributed by atoms with E-state index in [9.17, 15) is 9.59 Å². The lowest BCUT2D eigenvalue weighted by Gasteiger charge is -2.35. The molecule has 0 saturated carbocycles. The Balaban J connectivity index is 1.15. The number of piperidine rings is 1. The summed E-state index contributed by atoms with van der Waals surface area (Å²) in [7, 11) is 0. The first-order valence-corrected chi connectivity index (χ1v) is 12.4. The van der Waals surface area contributed by atoms with Crippen molar-refractivity contribution >= 4 is 11.8 Å². The Bertz CT molecular complexity index is 923. The summed E-state index contributed by atoms with van der Waals surface area (Å²) in [6.45, 7) is 10.2. The molecule has 5 heteroatoms. The number of amides is 2. The molecule has 0 radical (unpaired) electrons. The van der Waals surface area contributed by atoms with Crippen LogP contribution in [0.3, 0.4) is 0 Å². The molecule has 176 valence electrons. The maximum atomic E-state index is 12.8. The summed E-state index contributed by atoms with van der Waals surface area (Å²) in [4.78, 5) is 31.9. The van der Waals surface area contributed by atoms with Crippen LogP contribution in [0.1, 0.15) is 52.7 Å². The predicted molar refractivity (Wildman–Crippen MR) is 132 cm³/mol. The number of rotatable bonds is 6. The fourth-order valence-corrected chi connectivity index (χ4v) is 4.90. The molecule has 4 rings (SSSR count). The summed E-state index contributed by atoms with van der Waals surface area (Å²) in [5.74, 6) is 0.968. The van der Waals surface area contributed by atoms with Gasteiger partial charge in [0, 0.05) is 57.8 Å². The van der Waals surface area contributed by atoms with Crippen molar-refractivity contribution in [2.45, 2.75) is 46.1 Å². The van der Waals surface area contributed by atoms with Crippen molar-refractivity contribution in [1.29, 1.82) is 0 Å². The maximum Gasteiger partial charge on any atom is 0.253 e. The van der Waals surface area contributed by atoms with Gasteiger partial charge in [-0.2, -0.15) is 0 Å². The number of hydrogen-bond donors (Lipinski definition) is 0. The third-order valence-electron chi connectivity index (χ3n) is 7.22. The molecule has 2 saturated heterocycles. The van der Waals surface area contributed by atoms with Crippen LogP contribution in [0.4, 0.5) is 0 Å². The molecule has 2 fully saturated rings. The molecule has 0 unspecified atom stereocenters. The van der Waals surface area contributed by atoms with Crippen molar-refractivity contribution in [3.05, 3.63) is 70.8 Å². The topological polar surface area (TPSA) is 43.9 Å². The molecule has 0 N–H and O–H groups in total. The van der Waals surface area contributed by atoms with Gasteiger partial charge in [-0.25, -0.2) is 0 Å². The van der Waals surface area contributed by atoms with Crippen LogP contribution in [0.15, 0.2) is 48.5 Å². The van der Waals surface area contributed by atoms with Crippen molar-refractivity contribution in [1.82, 2.24) is 14.7 Å². The second-order valence-electron chi connectivity index (χ2n) is 9.78. The third-order valence-corrected chi connectivity index (χ3v) is 7.22. The van der Waals surface area contributed by atoms with Crippen molar-refractivity contribution in [2.75, 3.05) is 39.3 Å². The molecule has 0 spiro atoms. The van der Waals surface area contributed by atoms with E-state index < -0.39 is 0 Å². The standard InChI is InChI=1S/C28H37N3O2/c1-22-3-7-25(8-4-22)21-29-17-19-30(20-18-29)27(32)12-9-24-13-15-31(16-14-24)28(33)26-10-5-23(2)6-11-26/h3-8,10-11,24H,9,12-21H2,1-2H3. The molecule has 33 heavy (non-hydrogen) atoms. The monoisotopic (exact) mass is 447 g/mol. The highest BCUT2D eigenvalue weighted by atomic mass is 16.2. The molecule has 2 amide bonds. The molecular formula is C28H37N3O2. The molecular weight excluding hydrogens is 410 g/mol. The molecule has 2 aromatic rings. The fraction of sp³-hybridized carbons (Fsp3) is 0.500. The van der Waals surface area contributed by atoms with Gasteiger partial charge in [-0.3, -0.25) is 14.5 Å². The Morgan fingerprint density at radius 3 is 1.94 bits per heavy atom. The summed E-state index contributed by atoms with van der Waals surface area (Å²) < 4.78 is 0. The van der Waals surface area contributed by atoms with Crippen molar-refractivity contribution in [2.24, 2.45) is 5.92 Å². The van der Waals surface area contributed by atoms with Gasteiger partial charge in [-0.05, 0) is 56.7 Å². The van der Waals surface area contributed by atoms with Gasteiger partial charge in [0.05, 0.1) is 0 Å². The van der Waals surface area contributed by atoms with Crippen LogP contribution in [0.2, 0.25) is 0 Å². The highest BCUT2D eigenvalue weighted by Gasteiger charge is 2.26. The van der Waals surface area contributed by atoms with Gasteiger partial charge in [0.15, 0.2) is 0 Å². The first-order valence-electron chi connectivity index (χ1n) is 12.4. The fourth-order valence-electron chi connectivity index (χ4n) is 4.90. The normalized spacial score (nSPS) is 17.9. The van der Waals surface area contributed by atoms with Gasteiger partial charge in [-0.1, -0.05) is 47.5 Å². The average Bonchev–Trinajstić information content (AvgIpc) is 2.85. The lowest BCUT2D eigenvalue weighted by atomic mass is 9.91. The summed E-state index contributed by atoms with van der Waals surface area (Å²) in [5.41, 5.74) is 4.57. The summed E-state index contributed by atoms with van der Waals surface area (Å²) in [6.07, 6.45) is 3.56. The highest BCUT2D eigenvalue weighted by Crippen LogP contribution is 2.24. The molecule has 2 aliphatic heterocycles. The van der Waals surface area contributed by atoms with Crippen LogP contribution in [0.25, 0.3) is 0 Å². The minimum absolute atomic E-state index is 0.132. The Morgan fingerprint density at radius 1 is 0.758 bits per heavy atom. The zero-order valence-corrected chi connectivity index (χ0v) is 20.1. The van der Waals surface area contributed by atoms with E-state index in [1.807, 2.05) is 41.0 Å². The van der Waals surface area contributed by atoms with Crippen LogP contribution in [-0.4, -0.2) is 65.8 Å². The Morgan fingerprint density at radius 2 is 1.33 bits per heavy atom. The van der Waals surface area contributed by atoms with Crippen LogP contribution in [0, 0.1) is 19.8 Å². The number of carbonyl (C=O) groups is 2. The minimum atomic E-state index is 0.132. The van der Waals surface area contributed by atoms with E-state index in [4.69, 9.17) is 0 Å². The number of hydrogen-bond acceptors (Lipinski definition) is 3. The van der Waals surface area contributed by atoms with Gasteiger partial charge < -0.3 is 9.80 Å². The number of piperazine rings is 1. The highest BCUT2D eigenvalue weighted by molar-refractivity contribution is 5.94. The molecule has 2 aliphatic rings. The molecule has 5 nitrogen and oxygen atoms in total. The number of carbonyl (C=O) groups excluding carboxylic acids is 2. The maximum absolute atomic E-state index is 12.8.